The molecule has 2 heterocycles. The van der Waals surface area contributed by atoms with Gasteiger partial charge in [-0.15, -0.1) is 0 Å². The van der Waals surface area contributed by atoms with Gasteiger partial charge in [0.05, 0.1) is 10.5 Å². The van der Waals surface area contributed by atoms with Crippen molar-refractivity contribution in [2.75, 3.05) is 6.54 Å². The predicted molar refractivity (Wildman–Crippen MR) is 64.1 cm³/mol. The molecule has 0 atom stereocenters. The molecule has 0 bridgehead atoms. The average molecular weight is 235 g/mol. The van der Waals surface area contributed by atoms with E-state index in [1.807, 2.05) is 19.1 Å². The summed E-state index contributed by atoms with van der Waals surface area (Å²) in [6.45, 7) is 2.70. The van der Waals surface area contributed by atoms with E-state index in [0.717, 1.165) is 28.5 Å². The molecule has 1 aromatic heterocycles. The van der Waals surface area contributed by atoms with Crippen molar-refractivity contribution in [3.63, 3.8) is 0 Å². The number of halogens is 1. The number of hydrogen-bond donors (Lipinski definition) is 2. The number of fused-ring (bicyclic) bond motifs is 3. The lowest BCUT2D eigenvalue weighted by Gasteiger charge is -2.12. The van der Waals surface area contributed by atoms with Crippen LogP contribution in [-0.2, 0) is 6.42 Å². The van der Waals surface area contributed by atoms with Crippen molar-refractivity contribution in [2.24, 2.45) is 0 Å². The largest absolute Gasteiger partial charge is 0.350 e. The van der Waals surface area contributed by atoms with E-state index in [0.29, 0.717) is 17.3 Å². The Balaban J connectivity index is 2.45. The van der Waals surface area contributed by atoms with E-state index in [1.165, 1.54) is 0 Å². The van der Waals surface area contributed by atoms with Crippen LogP contribution in [0.5, 0.6) is 0 Å². The van der Waals surface area contributed by atoms with Crippen molar-refractivity contribution in [1.82, 2.24) is 10.3 Å². The highest BCUT2D eigenvalue weighted by Crippen LogP contribution is 2.32. The Hall–Kier alpha value is -1.48. The van der Waals surface area contributed by atoms with E-state index in [4.69, 9.17) is 11.6 Å². The lowest BCUT2D eigenvalue weighted by atomic mass is 10.0. The van der Waals surface area contributed by atoms with Gasteiger partial charge >= 0.3 is 0 Å². The molecule has 0 saturated carbocycles. The van der Waals surface area contributed by atoms with Crippen molar-refractivity contribution in [2.45, 2.75) is 13.3 Å². The first kappa shape index (κ1) is 9.73. The molecule has 2 N–H and O–H groups in total. The first-order chi connectivity index (χ1) is 7.68. The minimum Gasteiger partial charge on any atom is -0.350 e. The Bertz CT molecular complexity index is 601. The smallest absolute Gasteiger partial charge is 0.268 e. The van der Waals surface area contributed by atoms with E-state index < -0.39 is 0 Å². The summed E-state index contributed by atoms with van der Waals surface area (Å²) >= 11 is 6.20. The molecule has 0 fully saturated rings. The SMILES string of the molecule is Cc1ccc(Cl)c2c3c([nH]c12)C(=O)NCC3. The van der Waals surface area contributed by atoms with Gasteiger partial charge in [0, 0.05) is 11.9 Å². The lowest BCUT2D eigenvalue weighted by Crippen LogP contribution is -2.31. The van der Waals surface area contributed by atoms with Gasteiger partial charge < -0.3 is 10.3 Å². The Morgan fingerprint density at radius 3 is 3.00 bits per heavy atom. The third-order valence-electron chi connectivity index (χ3n) is 3.10. The second-order valence-corrected chi connectivity index (χ2v) is 4.51. The Morgan fingerprint density at radius 2 is 2.19 bits per heavy atom. The molecule has 0 spiro atoms. The maximum atomic E-state index is 11.7. The number of aromatic nitrogens is 1. The number of H-pyrrole nitrogens is 1. The van der Waals surface area contributed by atoms with Crippen LogP contribution in [0.15, 0.2) is 12.1 Å². The zero-order valence-electron chi connectivity index (χ0n) is 8.86. The lowest BCUT2D eigenvalue weighted by molar-refractivity contribution is 0.0942. The quantitative estimate of drug-likeness (QED) is 0.723. The summed E-state index contributed by atoms with van der Waals surface area (Å²) in [6.07, 6.45) is 0.838. The molecule has 0 saturated heterocycles. The van der Waals surface area contributed by atoms with Crippen LogP contribution in [0, 0.1) is 6.92 Å². The summed E-state index contributed by atoms with van der Waals surface area (Å²) in [7, 11) is 0. The van der Waals surface area contributed by atoms with Crippen molar-refractivity contribution in [1.29, 1.82) is 0 Å². The minimum absolute atomic E-state index is 0.0343. The summed E-state index contributed by atoms with van der Waals surface area (Å²) in [5.74, 6) is -0.0343. The average Bonchev–Trinajstić information content (AvgIpc) is 2.66. The summed E-state index contributed by atoms with van der Waals surface area (Å²) < 4.78 is 0. The molecule has 0 unspecified atom stereocenters. The van der Waals surface area contributed by atoms with E-state index in [9.17, 15) is 4.79 Å². The third kappa shape index (κ3) is 1.18. The normalized spacial score (nSPS) is 15.0. The van der Waals surface area contributed by atoms with E-state index >= 15 is 0 Å². The van der Waals surface area contributed by atoms with Crippen LogP contribution < -0.4 is 5.32 Å². The number of rotatable bonds is 0. The molecule has 4 heteroatoms. The van der Waals surface area contributed by atoms with Crippen LogP contribution in [0.2, 0.25) is 5.02 Å². The van der Waals surface area contributed by atoms with Gasteiger partial charge in [0.1, 0.15) is 5.69 Å². The number of carbonyl (C=O) groups is 1. The Kier molecular flexibility index (Phi) is 1.98. The van der Waals surface area contributed by atoms with Crippen LogP contribution in [0.3, 0.4) is 0 Å². The Labute approximate surface area is 97.8 Å². The van der Waals surface area contributed by atoms with Gasteiger partial charge in [-0.05, 0) is 30.5 Å². The number of aromatic amines is 1. The maximum Gasteiger partial charge on any atom is 0.268 e. The zero-order valence-corrected chi connectivity index (χ0v) is 9.61. The van der Waals surface area contributed by atoms with Crippen LogP contribution in [-0.4, -0.2) is 17.4 Å². The monoisotopic (exact) mass is 234 g/mol. The van der Waals surface area contributed by atoms with Gasteiger partial charge in [0.15, 0.2) is 0 Å². The van der Waals surface area contributed by atoms with Crippen LogP contribution in [0.25, 0.3) is 10.9 Å². The van der Waals surface area contributed by atoms with Crippen LogP contribution >= 0.6 is 11.6 Å². The van der Waals surface area contributed by atoms with Gasteiger partial charge in [0.25, 0.3) is 5.91 Å². The van der Waals surface area contributed by atoms with Crippen molar-refractivity contribution < 1.29 is 4.79 Å². The molecule has 1 aliphatic heterocycles. The van der Waals surface area contributed by atoms with Crippen molar-refractivity contribution in [3.8, 4) is 0 Å². The fraction of sp³-hybridized carbons (Fsp3) is 0.250. The molecule has 3 nitrogen and oxygen atoms in total. The van der Waals surface area contributed by atoms with E-state index in [2.05, 4.69) is 10.3 Å². The molecular weight excluding hydrogens is 224 g/mol. The number of nitrogens with one attached hydrogen (secondary N) is 2. The summed E-state index contributed by atoms with van der Waals surface area (Å²) in [5, 5.41) is 4.55. The van der Waals surface area contributed by atoms with Crippen LogP contribution in [0.4, 0.5) is 0 Å². The molecule has 0 radical (unpaired) electrons. The molecule has 16 heavy (non-hydrogen) atoms. The topological polar surface area (TPSA) is 44.9 Å². The fourth-order valence-electron chi connectivity index (χ4n) is 2.30. The predicted octanol–water partition coefficient (Wildman–Crippen LogP) is 2.42. The number of aryl methyl sites for hydroxylation is 1. The van der Waals surface area contributed by atoms with Crippen LogP contribution in [0.1, 0.15) is 21.6 Å². The van der Waals surface area contributed by atoms with Crippen molar-refractivity contribution >= 4 is 28.4 Å². The first-order valence-electron chi connectivity index (χ1n) is 5.26. The summed E-state index contributed by atoms with van der Waals surface area (Å²) in [5.41, 5.74) is 3.81. The minimum atomic E-state index is -0.0343. The zero-order chi connectivity index (χ0) is 11.3. The number of hydrogen-bond acceptors (Lipinski definition) is 1. The molecule has 82 valence electrons. The number of amides is 1. The second-order valence-electron chi connectivity index (χ2n) is 4.10. The highest BCUT2D eigenvalue weighted by atomic mass is 35.5. The third-order valence-corrected chi connectivity index (χ3v) is 3.42. The first-order valence-corrected chi connectivity index (χ1v) is 5.64. The molecule has 3 rings (SSSR count). The summed E-state index contributed by atoms with van der Waals surface area (Å²) in [4.78, 5) is 14.9. The summed E-state index contributed by atoms with van der Waals surface area (Å²) in [6, 6.07) is 3.85. The van der Waals surface area contributed by atoms with Gasteiger partial charge in [-0.25, -0.2) is 0 Å². The van der Waals surface area contributed by atoms with Gasteiger partial charge in [0.2, 0.25) is 0 Å². The number of carbonyl (C=O) groups excluding carboxylic acids is 1. The fourth-order valence-corrected chi connectivity index (χ4v) is 2.57. The molecule has 1 aliphatic rings. The van der Waals surface area contributed by atoms with Gasteiger partial charge in [-0.1, -0.05) is 17.7 Å². The van der Waals surface area contributed by atoms with E-state index in [1.54, 1.807) is 0 Å². The standard InChI is InChI=1S/C12H11ClN2O/c1-6-2-3-8(13)9-7-4-5-14-12(16)11(7)15-10(6)9/h2-3,15H,4-5H2,1H3,(H,14,16). The highest BCUT2D eigenvalue weighted by Gasteiger charge is 2.23. The van der Waals surface area contributed by atoms with Gasteiger partial charge in [-0.3, -0.25) is 4.79 Å². The molecule has 1 amide bonds. The molecule has 2 aromatic rings. The van der Waals surface area contributed by atoms with Crippen molar-refractivity contribution in [3.05, 3.63) is 34.0 Å². The second kappa shape index (κ2) is 3.25. The highest BCUT2D eigenvalue weighted by molar-refractivity contribution is 6.36. The van der Waals surface area contributed by atoms with E-state index in [-0.39, 0.29) is 5.91 Å². The molecule has 1 aromatic carbocycles. The molecular formula is C12H11ClN2O. The maximum absolute atomic E-state index is 11.7. The number of benzene rings is 1. The molecule has 0 aliphatic carbocycles. The van der Waals surface area contributed by atoms with Gasteiger partial charge in [-0.2, -0.15) is 0 Å². The Morgan fingerprint density at radius 1 is 1.38 bits per heavy atom.